The molecule has 9 heteroatoms. The van der Waals surface area contributed by atoms with Crippen molar-refractivity contribution in [2.24, 2.45) is 5.73 Å². The number of thiophene rings is 1. The fraction of sp³-hybridized carbons (Fsp3) is 0.583. The van der Waals surface area contributed by atoms with E-state index in [0.717, 1.165) is 11.3 Å². The molecule has 3 N–H and O–H groups in total. The quantitative estimate of drug-likeness (QED) is 0.780. The number of amides is 1. The summed E-state index contributed by atoms with van der Waals surface area (Å²) in [4.78, 5) is 12.4. The SMILES string of the molecule is C[C@@H](CN)NC(=O)c1sccc1S(=O)(=O)N1CCOCC1. The molecule has 0 unspecified atom stereocenters. The van der Waals surface area contributed by atoms with Crippen LogP contribution in [0.15, 0.2) is 16.3 Å². The summed E-state index contributed by atoms with van der Waals surface area (Å²) in [5.41, 5.74) is 5.46. The van der Waals surface area contributed by atoms with Crippen molar-refractivity contribution in [3.05, 3.63) is 16.3 Å². The number of carbonyl (C=O) groups is 1. The summed E-state index contributed by atoms with van der Waals surface area (Å²) in [6.07, 6.45) is 0. The van der Waals surface area contributed by atoms with Gasteiger partial charge in [-0.05, 0) is 18.4 Å². The highest BCUT2D eigenvalue weighted by atomic mass is 32.2. The lowest BCUT2D eigenvalue weighted by molar-refractivity contribution is 0.0730. The Hall–Kier alpha value is -1.00. The Labute approximate surface area is 128 Å². The zero-order chi connectivity index (χ0) is 15.5. The number of hydrogen-bond donors (Lipinski definition) is 2. The molecule has 0 aromatic carbocycles. The Balaban J connectivity index is 2.24. The van der Waals surface area contributed by atoms with Gasteiger partial charge in [-0.3, -0.25) is 4.79 Å². The zero-order valence-corrected chi connectivity index (χ0v) is 13.4. The summed E-state index contributed by atoms with van der Waals surface area (Å²) >= 11 is 1.11. The van der Waals surface area contributed by atoms with Crippen molar-refractivity contribution in [3.63, 3.8) is 0 Å². The molecule has 1 aliphatic heterocycles. The van der Waals surface area contributed by atoms with Crippen LogP contribution in [0, 0.1) is 0 Å². The normalized spacial score (nSPS) is 18.4. The van der Waals surface area contributed by atoms with Crippen molar-refractivity contribution in [2.75, 3.05) is 32.8 Å². The number of morpholine rings is 1. The van der Waals surface area contributed by atoms with Crippen molar-refractivity contribution >= 4 is 27.3 Å². The predicted octanol–water partition coefficient (Wildman–Crippen LogP) is -0.154. The van der Waals surface area contributed by atoms with E-state index in [4.69, 9.17) is 10.5 Å². The molecule has 0 saturated carbocycles. The Morgan fingerprint density at radius 1 is 1.52 bits per heavy atom. The number of ether oxygens (including phenoxy) is 1. The van der Waals surface area contributed by atoms with E-state index < -0.39 is 15.9 Å². The minimum atomic E-state index is -3.67. The molecule has 0 bridgehead atoms. The number of rotatable bonds is 5. The molecule has 21 heavy (non-hydrogen) atoms. The minimum Gasteiger partial charge on any atom is -0.379 e. The fourth-order valence-corrected chi connectivity index (χ4v) is 4.65. The van der Waals surface area contributed by atoms with Gasteiger partial charge in [0.05, 0.1) is 13.2 Å². The smallest absolute Gasteiger partial charge is 0.263 e. The number of carbonyl (C=O) groups excluding carboxylic acids is 1. The number of nitrogens with two attached hydrogens (primary N) is 1. The monoisotopic (exact) mass is 333 g/mol. The molecule has 1 amide bonds. The maximum absolute atomic E-state index is 12.6. The van der Waals surface area contributed by atoms with Crippen LogP contribution in [0.25, 0.3) is 0 Å². The average Bonchev–Trinajstić information content (AvgIpc) is 2.98. The van der Waals surface area contributed by atoms with Gasteiger partial charge in [0.15, 0.2) is 0 Å². The lowest BCUT2D eigenvalue weighted by atomic mass is 10.3. The van der Waals surface area contributed by atoms with Crippen molar-refractivity contribution in [1.29, 1.82) is 0 Å². The van der Waals surface area contributed by atoms with Gasteiger partial charge in [-0.2, -0.15) is 4.31 Å². The lowest BCUT2D eigenvalue weighted by Crippen LogP contribution is -2.42. The van der Waals surface area contributed by atoms with Crippen molar-refractivity contribution in [2.45, 2.75) is 17.9 Å². The van der Waals surface area contributed by atoms with E-state index in [2.05, 4.69) is 5.32 Å². The second kappa shape index (κ2) is 6.84. The van der Waals surface area contributed by atoms with Crippen LogP contribution in [0.1, 0.15) is 16.6 Å². The van der Waals surface area contributed by atoms with E-state index in [1.165, 1.54) is 10.4 Å². The molecule has 2 heterocycles. The van der Waals surface area contributed by atoms with E-state index in [9.17, 15) is 13.2 Å². The number of sulfonamides is 1. The van der Waals surface area contributed by atoms with Crippen LogP contribution in [-0.4, -0.2) is 57.5 Å². The number of nitrogens with one attached hydrogen (secondary N) is 1. The highest BCUT2D eigenvalue weighted by Gasteiger charge is 2.31. The lowest BCUT2D eigenvalue weighted by Gasteiger charge is -2.26. The van der Waals surface area contributed by atoms with Crippen LogP contribution < -0.4 is 11.1 Å². The van der Waals surface area contributed by atoms with Gasteiger partial charge in [-0.25, -0.2) is 8.42 Å². The molecular formula is C12H19N3O4S2. The van der Waals surface area contributed by atoms with E-state index in [1.54, 1.807) is 12.3 Å². The highest BCUT2D eigenvalue weighted by molar-refractivity contribution is 7.89. The van der Waals surface area contributed by atoms with E-state index in [-0.39, 0.29) is 15.8 Å². The molecule has 1 saturated heterocycles. The molecule has 0 radical (unpaired) electrons. The van der Waals surface area contributed by atoms with Crippen LogP contribution in [-0.2, 0) is 14.8 Å². The predicted molar refractivity (Wildman–Crippen MR) is 79.9 cm³/mol. The molecule has 1 fully saturated rings. The minimum absolute atomic E-state index is 0.0520. The van der Waals surface area contributed by atoms with Crippen molar-refractivity contribution in [3.8, 4) is 0 Å². The standard InChI is InChI=1S/C12H19N3O4S2/c1-9(8-13)14-12(16)11-10(2-7-20-11)21(17,18)15-3-5-19-6-4-15/h2,7,9H,3-6,8,13H2,1H3,(H,14,16)/t9-/m0/s1. The average molecular weight is 333 g/mol. The van der Waals surface area contributed by atoms with Crippen LogP contribution in [0.5, 0.6) is 0 Å². The Morgan fingerprint density at radius 2 is 2.19 bits per heavy atom. The van der Waals surface area contributed by atoms with Crippen LogP contribution in [0.2, 0.25) is 0 Å². The van der Waals surface area contributed by atoms with E-state index >= 15 is 0 Å². The van der Waals surface area contributed by atoms with Crippen LogP contribution in [0.4, 0.5) is 0 Å². The van der Waals surface area contributed by atoms with Gasteiger partial charge in [0.25, 0.3) is 5.91 Å². The molecule has 7 nitrogen and oxygen atoms in total. The summed E-state index contributed by atoms with van der Waals surface area (Å²) in [5, 5.41) is 4.29. The summed E-state index contributed by atoms with van der Waals surface area (Å²) in [6.45, 7) is 3.41. The van der Waals surface area contributed by atoms with Gasteiger partial charge < -0.3 is 15.8 Å². The topological polar surface area (TPSA) is 102 Å². The van der Waals surface area contributed by atoms with Gasteiger partial charge in [0.2, 0.25) is 10.0 Å². The second-order valence-corrected chi connectivity index (χ2v) is 7.56. The first-order valence-electron chi connectivity index (χ1n) is 6.63. The third kappa shape index (κ3) is 3.61. The molecule has 1 atom stereocenters. The Morgan fingerprint density at radius 3 is 2.81 bits per heavy atom. The third-order valence-electron chi connectivity index (χ3n) is 3.15. The maximum Gasteiger partial charge on any atom is 0.263 e. The molecule has 2 rings (SSSR count). The van der Waals surface area contributed by atoms with Crippen LogP contribution >= 0.6 is 11.3 Å². The van der Waals surface area contributed by atoms with E-state index in [1.807, 2.05) is 0 Å². The Bertz CT molecular complexity index is 593. The van der Waals surface area contributed by atoms with Gasteiger partial charge in [-0.15, -0.1) is 11.3 Å². The highest BCUT2D eigenvalue weighted by Crippen LogP contribution is 2.25. The fourth-order valence-electron chi connectivity index (χ4n) is 1.94. The summed E-state index contributed by atoms with van der Waals surface area (Å²) < 4.78 is 31.7. The zero-order valence-electron chi connectivity index (χ0n) is 11.7. The first-order chi connectivity index (χ1) is 9.96. The summed E-state index contributed by atoms with van der Waals surface area (Å²) in [5.74, 6) is -0.408. The first-order valence-corrected chi connectivity index (χ1v) is 8.95. The maximum atomic E-state index is 12.6. The largest absolute Gasteiger partial charge is 0.379 e. The first kappa shape index (κ1) is 16.4. The molecule has 118 valence electrons. The van der Waals surface area contributed by atoms with E-state index in [0.29, 0.717) is 32.8 Å². The molecule has 0 aliphatic carbocycles. The van der Waals surface area contributed by atoms with Crippen LogP contribution in [0.3, 0.4) is 0 Å². The van der Waals surface area contributed by atoms with Crippen molar-refractivity contribution in [1.82, 2.24) is 9.62 Å². The van der Waals surface area contributed by atoms with Gasteiger partial charge in [0, 0.05) is 25.7 Å². The molecule has 1 aromatic rings. The molecule has 0 spiro atoms. The second-order valence-electron chi connectivity index (χ2n) is 4.74. The Kier molecular flexibility index (Phi) is 5.33. The van der Waals surface area contributed by atoms with Gasteiger partial charge >= 0.3 is 0 Å². The molecular weight excluding hydrogens is 314 g/mol. The summed E-state index contributed by atoms with van der Waals surface area (Å²) in [7, 11) is -3.67. The molecule has 1 aromatic heterocycles. The number of nitrogens with zero attached hydrogens (tertiary/aromatic N) is 1. The third-order valence-corrected chi connectivity index (χ3v) is 6.14. The molecule has 1 aliphatic rings. The van der Waals surface area contributed by atoms with Gasteiger partial charge in [0.1, 0.15) is 9.77 Å². The number of hydrogen-bond acceptors (Lipinski definition) is 6. The van der Waals surface area contributed by atoms with Crippen molar-refractivity contribution < 1.29 is 17.9 Å². The van der Waals surface area contributed by atoms with Gasteiger partial charge in [-0.1, -0.05) is 0 Å². The summed E-state index contributed by atoms with van der Waals surface area (Å²) in [6, 6.07) is 1.26.